The van der Waals surface area contributed by atoms with E-state index in [9.17, 15) is 5.11 Å². The lowest BCUT2D eigenvalue weighted by Crippen LogP contribution is -2.63. The van der Waals surface area contributed by atoms with Crippen LogP contribution in [0.15, 0.2) is 0 Å². The molecule has 5 nitrogen and oxygen atoms in total. The van der Waals surface area contributed by atoms with Crippen LogP contribution in [0.4, 0.5) is 0 Å². The molecule has 0 aromatic carbocycles. The Morgan fingerprint density at radius 1 is 1.19 bits per heavy atom. The molecular formula is C11H20N2O3. The number of rotatable bonds is 1. The van der Waals surface area contributed by atoms with E-state index in [0.29, 0.717) is 6.61 Å². The van der Waals surface area contributed by atoms with Crippen molar-refractivity contribution in [1.29, 1.82) is 0 Å². The quantitative estimate of drug-likeness (QED) is 0.620. The summed E-state index contributed by atoms with van der Waals surface area (Å²) in [5.41, 5.74) is 5.98. The molecule has 3 saturated heterocycles. The van der Waals surface area contributed by atoms with Crippen LogP contribution >= 0.6 is 0 Å². The average Bonchev–Trinajstić information content (AvgIpc) is 2.74. The van der Waals surface area contributed by atoms with Crippen molar-refractivity contribution in [2.24, 2.45) is 5.73 Å². The summed E-state index contributed by atoms with van der Waals surface area (Å²) in [5, 5.41) is 10.2. The summed E-state index contributed by atoms with van der Waals surface area (Å²) in [6.07, 6.45) is 2.73. The molecule has 5 unspecified atom stereocenters. The maximum atomic E-state index is 10.2. The van der Waals surface area contributed by atoms with Gasteiger partial charge in [-0.25, -0.2) is 0 Å². The normalized spacial score (nSPS) is 49.5. The predicted octanol–water partition coefficient (Wildman–Crippen LogP) is -0.716. The van der Waals surface area contributed by atoms with Gasteiger partial charge in [0.15, 0.2) is 6.29 Å². The first kappa shape index (κ1) is 10.9. The molecule has 2 bridgehead atoms. The number of hydrogen-bond acceptors (Lipinski definition) is 5. The number of fused-ring (bicyclic) bond motifs is 2. The maximum Gasteiger partial charge on any atom is 0.176 e. The van der Waals surface area contributed by atoms with Gasteiger partial charge < -0.3 is 20.3 Å². The van der Waals surface area contributed by atoms with Gasteiger partial charge in [-0.1, -0.05) is 6.42 Å². The molecule has 0 aromatic rings. The van der Waals surface area contributed by atoms with Crippen molar-refractivity contribution in [2.75, 3.05) is 19.7 Å². The minimum Gasteiger partial charge on any atom is -0.390 e. The van der Waals surface area contributed by atoms with Crippen molar-refractivity contribution in [1.82, 2.24) is 4.90 Å². The molecule has 3 heterocycles. The van der Waals surface area contributed by atoms with Crippen LogP contribution in [0.3, 0.4) is 0 Å². The minimum absolute atomic E-state index is 0.0750. The van der Waals surface area contributed by atoms with Crippen LogP contribution in [0, 0.1) is 0 Å². The zero-order valence-corrected chi connectivity index (χ0v) is 9.42. The Labute approximate surface area is 95.5 Å². The van der Waals surface area contributed by atoms with Crippen molar-refractivity contribution >= 4 is 0 Å². The van der Waals surface area contributed by atoms with Gasteiger partial charge in [-0.2, -0.15) is 0 Å². The molecule has 3 aliphatic rings. The molecule has 0 saturated carbocycles. The molecule has 92 valence electrons. The van der Waals surface area contributed by atoms with Gasteiger partial charge in [0.05, 0.1) is 24.8 Å². The Bertz CT molecular complexity index is 258. The third-order valence-corrected chi connectivity index (χ3v) is 4.00. The fourth-order valence-electron chi connectivity index (χ4n) is 3.03. The number of piperidine rings is 1. The van der Waals surface area contributed by atoms with Crippen molar-refractivity contribution < 1.29 is 14.6 Å². The van der Waals surface area contributed by atoms with Crippen molar-refractivity contribution in [2.45, 2.75) is 49.8 Å². The first-order chi connectivity index (χ1) is 7.77. The zero-order valence-electron chi connectivity index (χ0n) is 9.42. The summed E-state index contributed by atoms with van der Waals surface area (Å²) in [6.45, 7) is 2.55. The highest BCUT2D eigenvalue weighted by atomic mass is 16.7. The van der Waals surface area contributed by atoms with Crippen LogP contribution < -0.4 is 5.73 Å². The standard InChI is InChI=1S/C11H20N2O3/c12-8-7-6-15-11(16-7)9(10(8)14)13-4-2-1-3-5-13/h7-11,14H,1-6,12H2. The fraction of sp³-hybridized carbons (Fsp3) is 1.00. The molecule has 0 aliphatic carbocycles. The van der Waals surface area contributed by atoms with Crippen LogP contribution in [-0.4, -0.2) is 60.3 Å². The SMILES string of the molecule is NC1C2COC(O2)C(N2CCCCC2)C1O. The molecule has 0 amide bonds. The summed E-state index contributed by atoms with van der Waals surface area (Å²) >= 11 is 0. The Balaban J connectivity index is 1.76. The lowest BCUT2D eigenvalue weighted by Gasteiger charge is -2.44. The fourth-order valence-corrected chi connectivity index (χ4v) is 3.03. The highest BCUT2D eigenvalue weighted by Gasteiger charge is 2.50. The lowest BCUT2D eigenvalue weighted by molar-refractivity contribution is -0.180. The predicted molar refractivity (Wildman–Crippen MR) is 57.8 cm³/mol. The molecule has 0 spiro atoms. The van der Waals surface area contributed by atoms with Gasteiger partial charge in [-0.05, 0) is 25.9 Å². The van der Waals surface area contributed by atoms with Crippen LogP contribution in [0.2, 0.25) is 0 Å². The Hall–Kier alpha value is -0.200. The van der Waals surface area contributed by atoms with E-state index in [-0.39, 0.29) is 24.5 Å². The third-order valence-electron chi connectivity index (χ3n) is 4.00. The summed E-state index contributed by atoms with van der Waals surface area (Å²) in [4.78, 5) is 2.28. The van der Waals surface area contributed by atoms with Gasteiger partial charge in [0, 0.05) is 0 Å². The Morgan fingerprint density at radius 2 is 1.94 bits per heavy atom. The number of aliphatic hydroxyl groups excluding tert-OH is 1. The highest BCUT2D eigenvalue weighted by molar-refractivity contribution is 5.00. The molecule has 0 aromatic heterocycles. The second kappa shape index (κ2) is 4.23. The lowest BCUT2D eigenvalue weighted by atomic mass is 9.94. The van der Waals surface area contributed by atoms with Crippen LogP contribution in [-0.2, 0) is 9.47 Å². The number of nitrogens with two attached hydrogens (primary N) is 1. The summed E-state index contributed by atoms with van der Waals surface area (Å²) in [5.74, 6) is 0. The number of ether oxygens (including phenoxy) is 2. The second-order valence-corrected chi connectivity index (χ2v) is 5.03. The third kappa shape index (κ3) is 1.67. The molecule has 3 rings (SSSR count). The van der Waals surface area contributed by atoms with E-state index in [2.05, 4.69) is 4.90 Å². The van der Waals surface area contributed by atoms with Crippen LogP contribution in [0.1, 0.15) is 19.3 Å². The molecule has 0 radical (unpaired) electrons. The molecule has 5 heteroatoms. The molecule has 3 N–H and O–H groups in total. The highest BCUT2D eigenvalue weighted by Crippen LogP contribution is 2.31. The largest absolute Gasteiger partial charge is 0.390 e. The van der Waals surface area contributed by atoms with E-state index >= 15 is 0 Å². The van der Waals surface area contributed by atoms with E-state index in [1.165, 1.54) is 19.3 Å². The number of aliphatic hydroxyl groups is 1. The summed E-state index contributed by atoms with van der Waals surface area (Å²) in [7, 11) is 0. The number of hydrogen-bond donors (Lipinski definition) is 2. The van der Waals surface area contributed by atoms with Gasteiger partial charge in [0.2, 0.25) is 0 Å². The van der Waals surface area contributed by atoms with Crippen LogP contribution in [0.5, 0.6) is 0 Å². The second-order valence-electron chi connectivity index (χ2n) is 5.03. The van der Waals surface area contributed by atoms with Gasteiger partial charge in [0.25, 0.3) is 0 Å². The van der Waals surface area contributed by atoms with Gasteiger partial charge in [-0.3, -0.25) is 4.90 Å². The van der Waals surface area contributed by atoms with E-state index in [0.717, 1.165) is 13.1 Å². The van der Waals surface area contributed by atoms with Gasteiger partial charge in [0.1, 0.15) is 6.10 Å². The first-order valence-electron chi connectivity index (χ1n) is 6.22. The summed E-state index contributed by atoms with van der Waals surface area (Å²) < 4.78 is 11.3. The monoisotopic (exact) mass is 228 g/mol. The van der Waals surface area contributed by atoms with Crippen molar-refractivity contribution in [3.05, 3.63) is 0 Å². The molecule has 16 heavy (non-hydrogen) atoms. The average molecular weight is 228 g/mol. The molecule has 3 fully saturated rings. The smallest absolute Gasteiger partial charge is 0.176 e. The molecule has 3 aliphatic heterocycles. The van der Waals surface area contributed by atoms with E-state index in [1.807, 2.05) is 0 Å². The van der Waals surface area contributed by atoms with Crippen molar-refractivity contribution in [3.8, 4) is 0 Å². The van der Waals surface area contributed by atoms with Crippen LogP contribution in [0.25, 0.3) is 0 Å². The maximum absolute atomic E-state index is 10.2. The van der Waals surface area contributed by atoms with E-state index < -0.39 is 6.10 Å². The van der Waals surface area contributed by atoms with Gasteiger partial charge >= 0.3 is 0 Å². The van der Waals surface area contributed by atoms with E-state index in [1.54, 1.807) is 0 Å². The first-order valence-corrected chi connectivity index (χ1v) is 6.22. The summed E-state index contributed by atoms with van der Waals surface area (Å²) in [6, 6.07) is -0.389. The Kier molecular flexibility index (Phi) is 2.89. The topological polar surface area (TPSA) is 68.0 Å². The molecule has 5 atom stereocenters. The van der Waals surface area contributed by atoms with Gasteiger partial charge in [-0.15, -0.1) is 0 Å². The minimum atomic E-state index is -0.524. The van der Waals surface area contributed by atoms with E-state index in [4.69, 9.17) is 15.2 Å². The number of nitrogens with zero attached hydrogens (tertiary/aromatic N) is 1. The van der Waals surface area contributed by atoms with Crippen molar-refractivity contribution in [3.63, 3.8) is 0 Å². The Morgan fingerprint density at radius 3 is 2.69 bits per heavy atom. The number of likely N-dealkylation sites (tertiary alicyclic amines) is 1. The zero-order chi connectivity index (χ0) is 11.1. The molecular weight excluding hydrogens is 208 g/mol.